The van der Waals surface area contributed by atoms with Gasteiger partial charge in [-0.25, -0.2) is 0 Å². The van der Waals surface area contributed by atoms with Crippen molar-refractivity contribution in [2.24, 2.45) is 0 Å². The number of anilines is 6. The Balaban J connectivity index is 1.26. The van der Waals surface area contributed by atoms with Gasteiger partial charge in [0.05, 0.1) is 0 Å². The minimum absolute atomic E-state index is 0.268. The highest BCUT2D eigenvalue weighted by Crippen LogP contribution is 2.56. The van der Waals surface area contributed by atoms with Crippen LogP contribution in [0.5, 0.6) is 0 Å². The van der Waals surface area contributed by atoms with Crippen LogP contribution in [0.1, 0.15) is 25.0 Å². The lowest BCUT2D eigenvalue weighted by atomic mass is 9.66. The molecule has 0 heterocycles. The second kappa shape index (κ2) is 13.2. The van der Waals surface area contributed by atoms with Gasteiger partial charge in [-0.15, -0.1) is 0 Å². The summed E-state index contributed by atoms with van der Waals surface area (Å²) in [4.78, 5) is 4.74. The van der Waals surface area contributed by atoms with Gasteiger partial charge in [-0.3, -0.25) is 0 Å². The highest BCUT2D eigenvalue weighted by molar-refractivity contribution is 6.24. The molecule has 0 saturated carbocycles. The van der Waals surface area contributed by atoms with Crippen LogP contribution in [0.4, 0.5) is 34.1 Å². The minimum Gasteiger partial charge on any atom is -0.310 e. The van der Waals surface area contributed by atoms with Crippen LogP contribution in [0, 0.1) is 0 Å². The Hall–Kier alpha value is -6.90. The average Bonchev–Trinajstić information content (AvgIpc) is 3.25. The predicted octanol–water partition coefficient (Wildman–Crippen LogP) is 14.9. The van der Waals surface area contributed by atoms with Crippen molar-refractivity contribution in [3.63, 3.8) is 0 Å². The highest BCUT2D eigenvalue weighted by Gasteiger charge is 2.36. The van der Waals surface area contributed by atoms with E-state index in [-0.39, 0.29) is 5.41 Å². The summed E-state index contributed by atoms with van der Waals surface area (Å²) < 4.78 is 0. The van der Waals surface area contributed by atoms with Gasteiger partial charge in [0.15, 0.2) is 0 Å². The Labute approximate surface area is 323 Å². The summed E-state index contributed by atoms with van der Waals surface area (Å²) in [5, 5.41) is 5.12. The molecule has 262 valence electrons. The fraction of sp³-hybridized carbons (Fsp3) is 0.0566. The lowest BCUT2D eigenvalue weighted by Gasteiger charge is -2.38. The van der Waals surface area contributed by atoms with Crippen LogP contribution in [0.2, 0.25) is 0 Å². The third-order valence-electron chi connectivity index (χ3n) is 11.4. The molecule has 0 radical (unpaired) electrons. The average molecular weight is 705 g/mol. The van der Waals surface area contributed by atoms with Crippen molar-refractivity contribution in [3.05, 3.63) is 217 Å². The number of hydrogen-bond acceptors (Lipinski definition) is 2. The van der Waals surface area contributed by atoms with Crippen molar-refractivity contribution in [1.82, 2.24) is 0 Å². The topological polar surface area (TPSA) is 6.48 Å². The van der Waals surface area contributed by atoms with Gasteiger partial charge < -0.3 is 9.80 Å². The van der Waals surface area contributed by atoms with Gasteiger partial charge in [-0.2, -0.15) is 0 Å². The largest absolute Gasteiger partial charge is 0.310 e. The van der Waals surface area contributed by atoms with Crippen LogP contribution in [0.3, 0.4) is 0 Å². The molecule has 0 spiro atoms. The molecule has 0 N–H and O–H groups in total. The number of nitrogens with zero attached hydrogens (tertiary/aromatic N) is 2. The zero-order chi connectivity index (χ0) is 36.9. The SMILES string of the molecule is CC1(C)c2cc(N(c3ccccc3)c3ccccc3)ccc2-c2c(-c3ccccc3)c3ccc(N(c4ccccc4)c4ccccc4)cc3c3cccc1c23. The fourth-order valence-electron chi connectivity index (χ4n) is 8.87. The van der Waals surface area contributed by atoms with Crippen molar-refractivity contribution in [3.8, 4) is 22.3 Å². The Kier molecular flexibility index (Phi) is 7.85. The van der Waals surface area contributed by atoms with Crippen LogP contribution in [-0.2, 0) is 5.41 Å². The van der Waals surface area contributed by atoms with Gasteiger partial charge in [-0.05, 0) is 128 Å². The first-order valence-corrected chi connectivity index (χ1v) is 19.1. The van der Waals surface area contributed by atoms with Crippen LogP contribution in [0.15, 0.2) is 206 Å². The number of fused-ring (bicyclic) bond motifs is 4. The van der Waals surface area contributed by atoms with Gasteiger partial charge in [0.2, 0.25) is 0 Å². The smallest absolute Gasteiger partial charge is 0.0468 e. The molecule has 2 heteroatoms. The summed E-state index contributed by atoms with van der Waals surface area (Å²) in [6.07, 6.45) is 0. The zero-order valence-electron chi connectivity index (χ0n) is 31.0. The summed E-state index contributed by atoms with van der Waals surface area (Å²) in [6.45, 7) is 4.80. The first kappa shape index (κ1) is 32.7. The molecule has 9 aromatic carbocycles. The van der Waals surface area contributed by atoms with E-state index in [1.165, 1.54) is 54.9 Å². The van der Waals surface area contributed by atoms with E-state index in [4.69, 9.17) is 0 Å². The lowest BCUT2D eigenvalue weighted by Crippen LogP contribution is -2.24. The molecule has 0 bridgehead atoms. The van der Waals surface area contributed by atoms with Crippen molar-refractivity contribution >= 4 is 55.7 Å². The Morgan fingerprint density at radius 3 is 1.33 bits per heavy atom. The first-order chi connectivity index (χ1) is 27.1. The Morgan fingerprint density at radius 1 is 0.327 bits per heavy atom. The molecule has 0 unspecified atom stereocenters. The van der Waals surface area contributed by atoms with E-state index in [9.17, 15) is 0 Å². The van der Waals surface area contributed by atoms with Gasteiger partial charge in [0, 0.05) is 39.5 Å². The van der Waals surface area contributed by atoms with Crippen LogP contribution < -0.4 is 9.80 Å². The van der Waals surface area contributed by atoms with Crippen molar-refractivity contribution in [2.75, 3.05) is 9.80 Å². The van der Waals surface area contributed by atoms with Crippen LogP contribution in [0.25, 0.3) is 43.8 Å². The molecule has 0 aliphatic heterocycles. The number of hydrogen-bond donors (Lipinski definition) is 0. The molecule has 55 heavy (non-hydrogen) atoms. The van der Waals surface area contributed by atoms with E-state index in [1.54, 1.807) is 0 Å². The molecule has 0 fully saturated rings. The van der Waals surface area contributed by atoms with E-state index in [2.05, 4.69) is 230 Å². The number of rotatable bonds is 7. The molecule has 0 saturated heterocycles. The molecular formula is C53H40N2. The Bertz CT molecular complexity index is 2730. The molecule has 1 aliphatic rings. The lowest BCUT2D eigenvalue weighted by molar-refractivity contribution is 0.645. The normalized spacial score (nSPS) is 12.7. The van der Waals surface area contributed by atoms with E-state index < -0.39 is 0 Å². The number of para-hydroxylation sites is 4. The molecule has 0 aromatic heterocycles. The second-order valence-corrected chi connectivity index (χ2v) is 14.9. The van der Waals surface area contributed by atoms with Crippen molar-refractivity contribution in [1.29, 1.82) is 0 Å². The fourth-order valence-corrected chi connectivity index (χ4v) is 8.87. The maximum atomic E-state index is 2.44. The van der Waals surface area contributed by atoms with Crippen LogP contribution in [-0.4, -0.2) is 0 Å². The van der Waals surface area contributed by atoms with E-state index >= 15 is 0 Å². The highest BCUT2D eigenvalue weighted by atomic mass is 15.1. The number of benzene rings is 9. The Morgan fingerprint density at radius 2 is 0.800 bits per heavy atom. The predicted molar refractivity (Wildman–Crippen MR) is 234 cm³/mol. The van der Waals surface area contributed by atoms with E-state index in [0.29, 0.717) is 0 Å². The second-order valence-electron chi connectivity index (χ2n) is 14.9. The quantitative estimate of drug-likeness (QED) is 0.152. The monoisotopic (exact) mass is 704 g/mol. The van der Waals surface area contributed by atoms with E-state index in [1.807, 2.05) is 0 Å². The standard InChI is InChI=1S/C53H40N2/c1-53(2)48-30-18-29-44-47-35-42(54(38-21-10-4-11-22-38)39-23-12-5-13-24-39)31-33-45(47)50(37-19-8-3-9-20-37)52(51(44)48)46-34-32-43(36-49(46)53)55(40-25-14-6-15-26-40)41-27-16-7-17-28-41/h3-36H,1-2H3. The van der Waals surface area contributed by atoms with Gasteiger partial charge in [0.1, 0.15) is 0 Å². The van der Waals surface area contributed by atoms with Gasteiger partial charge in [-0.1, -0.05) is 147 Å². The summed E-state index contributed by atoms with van der Waals surface area (Å²) in [5.74, 6) is 0. The molecule has 1 aliphatic carbocycles. The minimum atomic E-state index is -0.268. The summed E-state index contributed by atoms with van der Waals surface area (Å²) in [7, 11) is 0. The third kappa shape index (κ3) is 5.41. The summed E-state index contributed by atoms with van der Waals surface area (Å²) in [5.41, 5.74) is 14.3. The third-order valence-corrected chi connectivity index (χ3v) is 11.4. The molecular weight excluding hydrogens is 665 g/mol. The van der Waals surface area contributed by atoms with Gasteiger partial charge in [0.25, 0.3) is 0 Å². The van der Waals surface area contributed by atoms with Crippen LogP contribution >= 0.6 is 0 Å². The molecule has 0 amide bonds. The molecule has 2 nitrogen and oxygen atoms in total. The molecule has 9 aromatic rings. The summed E-state index contributed by atoms with van der Waals surface area (Å²) >= 11 is 0. The maximum absolute atomic E-state index is 2.44. The van der Waals surface area contributed by atoms with E-state index in [0.717, 1.165) is 34.1 Å². The molecule has 0 atom stereocenters. The zero-order valence-corrected chi connectivity index (χ0v) is 31.0. The van der Waals surface area contributed by atoms with Gasteiger partial charge >= 0.3 is 0 Å². The first-order valence-electron chi connectivity index (χ1n) is 19.1. The van der Waals surface area contributed by atoms with Crippen molar-refractivity contribution in [2.45, 2.75) is 19.3 Å². The molecule has 10 rings (SSSR count). The maximum Gasteiger partial charge on any atom is 0.0468 e. The summed E-state index contributed by atoms with van der Waals surface area (Å²) in [6, 6.07) is 74.9. The van der Waals surface area contributed by atoms with Crippen molar-refractivity contribution < 1.29 is 0 Å².